The second-order valence-electron chi connectivity index (χ2n) is 10.7. The van der Waals surface area contributed by atoms with Gasteiger partial charge in [-0.15, -0.1) is 11.3 Å². The van der Waals surface area contributed by atoms with Gasteiger partial charge < -0.3 is 4.74 Å². The number of carbonyl (C=O) groups excluding carboxylic acids is 2. The SMILES string of the molecule is CCCCCCCCCCC(CCCCCCCCCC)CCCN(C(=O)C(=O)OCC)c1csc(Br)n1. The number of hydrogen-bond acceptors (Lipinski definition) is 5. The minimum absolute atomic E-state index is 0.193. The summed E-state index contributed by atoms with van der Waals surface area (Å²) < 4.78 is 5.69. The van der Waals surface area contributed by atoms with Crippen molar-refractivity contribution in [3.05, 3.63) is 9.30 Å². The second kappa shape index (κ2) is 23.9. The number of hydrogen-bond donors (Lipinski definition) is 0. The third-order valence-corrected chi connectivity index (χ3v) is 8.71. The summed E-state index contributed by atoms with van der Waals surface area (Å²) in [6, 6.07) is 0. The molecule has 0 saturated carbocycles. The number of nitrogens with zero attached hydrogens (tertiary/aromatic N) is 2. The van der Waals surface area contributed by atoms with Crippen LogP contribution in [0.4, 0.5) is 5.82 Å². The summed E-state index contributed by atoms with van der Waals surface area (Å²) in [6.45, 7) is 6.95. The van der Waals surface area contributed by atoms with E-state index in [1.165, 1.54) is 132 Å². The van der Waals surface area contributed by atoms with Gasteiger partial charge in [0, 0.05) is 11.9 Å². The highest BCUT2D eigenvalue weighted by molar-refractivity contribution is 9.11. The Morgan fingerprint density at radius 3 is 1.71 bits per heavy atom. The molecule has 1 amide bonds. The topological polar surface area (TPSA) is 59.5 Å². The number of unbranched alkanes of at least 4 members (excludes halogenated alkanes) is 14. The van der Waals surface area contributed by atoms with E-state index in [0.717, 1.165) is 12.8 Å². The van der Waals surface area contributed by atoms with Crippen molar-refractivity contribution in [2.45, 2.75) is 149 Å². The second-order valence-corrected chi connectivity index (χ2v) is 12.8. The third-order valence-electron chi connectivity index (χ3n) is 7.36. The van der Waals surface area contributed by atoms with Gasteiger partial charge >= 0.3 is 11.9 Å². The highest BCUT2D eigenvalue weighted by atomic mass is 79.9. The maximum Gasteiger partial charge on any atom is 0.397 e. The summed E-state index contributed by atoms with van der Waals surface area (Å²) in [5, 5.41) is 1.82. The average Bonchev–Trinajstić information content (AvgIpc) is 3.34. The van der Waals surface area contributed by atoms with Crippen molar-refractivity contribution >= 4 is 45.0 Å². The van der Waals surface area contributed by atoms with Crippen molar-refractivity contribution in [1.29, 1.82) is 0 Å². The van der Waals surface area contributed by atoms with Crippen molar-refractivity contribution in [3.8, 4) is 0 Å². The lowest BCUT2D eigenvalue weighted by Gasteiger charge is -2.22. The van der Waals surface area contributed by atoms with Gasteiger partial charge in [-0.05, 0) is 41.6 Å². The lowest BCUT2D eigenvalue weighted by molar-refractivity contribution is -0.153. The fourth-order valence-electron chi connectivity index (χ4n) is 5.10. The predicted molar refractivity (Wildman–Crippen MR) is 166 cm³/mol. The van der Waals surface area contributed by atoms with E-state index in [-0.39, 0.29) is 6.61 Å². The Hall–Kier alpha value is -0.950. The van der Waals surface area contributed by atoms with Gasteiger partial charge in [0.1, 0.15) is 5.82 Å². The smallest absolute Gasteiger partial charge is 0.397 e. The number of thiazole rings is 1. The average molecular weight is 616 g/mol. The minimum atomic E-state index is -0.800. The Labute approximate surface area is 246 Å². The van der Waals surface area contributed by atoms with Crippen molar-refractivity contribution < 1.29 is 14.3 Å². The zero-order valence-corrected chi connectivity index (χ0v) is 27.0. The van der Waals surface area contributed by atoms with E-state index in [1.54, 1.807) is 6.92 Å². The van der Waals surface area contributed by atoms with Gasteiger partial charge in [0.25, 0.3) is 0 Å². The number of carbonyl (C=O) groups is 2. The molecule has 0 aliphatic carbocycles. The quantitative estimate of drug-likeness (QED) is 0.0660. The molecular weight excluding hydrogens is 560 g/mol. The van der Waals surface area contributed by atoms with E-state index < -0.39 is 11.9 Å². The molecular formula is C31H55BrN2O3S. The maximum absolute atomic E-state index is 12.8. The number of aromatic nitrogens is 1. The molecule has 0 aromatic carbocycles. The van der Waals surface area contributed by atoms with E-state index in [4.69, 9.17) is 4.74 Å². The van der Waals surface area contributed by atoms with E-state index in [1.807, 2.05) is 5.38 Å². The van der Waals surface area contributed by atoms with Crippen LogP contribution in [0.25, 0.3) is 0 Å². The molecule has 0 bridgehead atoms. The van der Waals surface area contributed by atoms with Crippen LogP contribution in [0.5, 0.6) is 0 Å². The molecule has 0 fully saturated rings. The van der Waals surface area contributed by atoms with Crippen molar-refractivity contribution in [3.63, 3.8) is 0 Å². The lowest BCUT2D eigenvalue weighted by Crippen LogP contribution is -2.38. The van der Waals surface area contributed by atoms with Crippen molar-refractivity contribution in [1.82, 2.24) is 4.98 Å². The molecule has 1 heterocycles. The molecule has 1 aromatic heterocycles. The Morgan fingerprint density at radius 2 is 1.26 bits per heavy atom. The first-order chi connectivity index (χ1) is 18.5. The van der Waals surface area contributed by atoms with E-state index >= 15 is 0 Å². The molecule has 0 atom stereocenters. The molecule has 0 saturated heterocycles. The summed E-state index contributed by atoms with van der Waals surface area (Å²) in [6.07, 6.45) is 26.1. The van der Waals surface area contributed by atoms with E-state index in [0.29, 0.717) is 22.2 Å². The maximum atomic E-state index is 12.8. The zero-order chi connectivity index (χ0) is 27.8. The third kappa shape index (κ3) is 16.9. The number of halogens is 1. The van der Waals surface area contributed by atoms with E-state index in [9.17, 15) is 9.59 Å². The Morgan fingerprint density at radius 1 is 0.789 bits per heavy atom. The Bertz CT molecular complexity index is 708. The van der Waals surface area contributed by atoms with Gasteiger partial charge in [0.2, 0.25) is 0 Å². The number of esters is 1. The largest absolute Gasteiger partial charge is 0.459 e. The standard InChI is InChI=1S/C31H55BrN2O3S/c1-4-7-9-11-13-15-17-19-22-27(23-20-18-16-14-12-10-8-5-2)24-21-25-34(28-26-38-31(32)33-28)29(35)30(36)37-6-3/h26-27H,4-25H2,1-3H3. The first kappa shape index (κ1) is 35.1. The van der Waals surface area contributed by atoms with Crippen LogP contribution in [-0.4, -0.2) is 30.0 Å². The van der Waals surface area contributed by atoms with Crippen LogP contribution in [-0.2, 0) is 14.3 Å². The molecule has 1 aromatic rings. The molecule has 220 valence electrons. The molecule has 5 nitrogen and oxygen atoms in total. The first-order valence-corrected chi connectivity index (χ1v) is 17.3. The predicted octanol–water partition coefficient (Wildman–Crippen LogP) is 10.3. The van der Waals surface area contributed by atoms with Crippen LogP contribution < -0.4 is 4.90 Å². The molecule has 0 unspecified atom stereocenters. The summed E-state index contributed by atoms with van der Waals surface area (Å²) in [7, 11) is 0. The van der Waals surface area contributed by atoms with Gasteiger partial charge in [-0.3, -0.25) is 9.69 Å². The van der Waals surface area contributed by atoms with Crippen LogP contribution >= 0.6 is 27.3 Å². The molecule has 7 heteroatoms. The number of anilines is 1. The fourth-order valence-corrected chi connectivity index (χ4v) is 6.09. The van der Waals surface area contributed by atoms with Crippen LogP contribution in [0, 0.1) is 5.92 Å². The fraction of sp³-hybridized carbons (Fsp3) is 0.839. The van der Waals surface area contributed by atoms with Crippen molar-refractivity contribution in [2.75, 3.05) is 18.1 Å². The molecule has 1 rings (SSSR count). The first-order valence-electron chi connectivity index (χ1n) is 15.6. The van der Waals surface area contributed by atoms with Crippen LogP contribution in [0.15, 0.2) is 9.30 Å². The summed E-state index contributed by atoms with van der Waals surface area (Å²) in [4.78, 5) is 30.9. The zero-order valence-electron chi connectivity index (χ0n) is 24.6. The number of ether oxygens (including phenoxy) is 1. The molecule has 0 spiro atoms. The molecule has 38 heavy (non-hydrogen) atoms. The lowest BCUT2D eigenvalue weighted by atomic mass is 9.90. The molecule has 0 aliphatic rings. The van der Waals surface area contributed by atoms with Gasteiger partial charge in [0.15, 0.2) is 3.92 Å². The number of rotatable bonds is 24. The van der Waals surface area contributed by atoms with Crippen LogP contribution in [0.3, 0.4) is 0 Å². The summed E-state index contributed by atoms with van der Waals surface area (Å²) in [5.74, 6) is -0.196. The van der Waals surface area contributed by atoms with Gasteiger partial charge in [-0.2, -0.15) is 0 Å². The molecule has 0 N–H and O–H groups in total. The van der Waals surface area contributed by atoms with Gasteiger partial charge in [-0.25, -0.2) is 9.78 Å². The summed E-state index contributed by atoms with van der Waals surface area (Å²) in [5.41, 5.74) is 0. The summed E-state index contributed by atoms with van der Waals surface area (Å²) >= 11 is 4.80. The molecule has 0 radical (unpaired) electrons. The Balaban J connectivity index is 2.54. The Kier molecular flexibility index (Phi) is 22.1. The van der Waals surface area contributed by atoms with Crippen LogP contribution in [0.1, 0.15) is 149 Å². The van der Waals surface area contributed by atoms with Crippen LogP contribution in [0.2, 0.25) is 0 Å². The molecule has 0 aliphatic heterocycles. The van der Waals surface area contributed by atoms with Gasteiger partial charge in [-0.1, -0.05) is 129 Å². The normalized spacial score (nSPS) is 11.3. The van der Waals surface area contributed by atoms with Gasteiger partial charge in [0.05, 0.1) is 6.61 Å². The monoisotopic (exact) mass is 614 g/mol. The minimum Gasteiger partial charge on any atom is -0.459 e. The van der Waals surface area contributed by atoms with E-state index in [2.05, 4.69) is 34.8 Å². The van der Waals surface area contributed by atoms with Crippen molar-refractivity contribution in [2.24, 2.45) is 5.92 Å². The number of amides is 1. The highest BCUT2D eigenvalue weighted by Gasteiger charge is 2.26. The highest BCUT2D eigenvalue weighted by Crippen LogP contribution is 2.26.